The van der Waals surface area contributed by atoms with Gasteiger partial charge in [0.25, 0.3) is 0 Å². The third kappa shape index (κ3) is 3.97. The van der Waals surface area contributed by atoms with Crippen molar-refractivity contribution >= 4 is 38.7 Å². The molecule has 3 rings (SSSR count). The average molecular weight is 428 g/mol. The molecule has 0 radical (unpaired) electrons. The van der Waals surface area contributed by atoms with Crippen LogP contribution < -0.4 is 5.32 Å². The highest BCUT2D eigenvalue weighted by Crippen LogP contribution is 2.45. The van der Waals surface area contributed by atoms with Crippen molar-refractivity contribution in [1.82, 2.24) is 0 Å². The Labute approximate surface area is 170 Å². The van der Waals surface area contributed by atoms with E-state index in [4.69, 9.17) is 27.9 Å². The number of sulfone groups is 1. The van der Waals surface area contributed by atoms with Gasteiger partial charge in [-0.05, 0) is 68.7 Å². The topological polar surface area (TPSA) is 55.4 Å². The monoisotopic (exact) mass is 427 g/mol. The van der Waals surface area contributed by atoms with E-state index in [0.717, 1.165) is 11.3 Å². The summed E-state index contributed by atoms with van der Waals surface area (Å²) in [5.41, 5.74) is 1.47. The van der Waals surface area contributed by atoms with Gasteiger partial charge in [0.05, 0.1) is 15.6 Å². The largest absolute Gasteiger partial charge is 0.382 e. The summed E-state index contributed by atoms with van der Waals surface area (Å²) in [6.07, 6.45) is 0.779. The summed E-state index contributed by atoms with van der Waals surface area (Å²) < 4.78 is 31.8. The van der Waals surface area contributed by atoms with Crippen molar-refractivity contribution in [2.45, 2.75) is 42.4 Å². The zero-order valence-corrected chi connectivity index (χ0v) is 17.7. The zero-order valence-electron chi connectivity index (χ0n) is 15.3. The summed E-state index contributed by atoms with van der Waals surface area (Å²) in [6.45, 7) is 4.81. The molecule has 2 aromatic carbocycles. The Morgan fingerprint density at radius 3 is 2.26 bits per heavy atom. The number of rotatable bonds is 5. The molecule has 27 heavy (non-hydrogen) atoms. The molecule has 0 aliphatic carbocycles. The second-order valence-corrected chi connectivity index (χ2v) is 10.2. The first-order chi connectivity index (χ1) is 12.8. The third-order valence-electron chi connectivity index (χ3n) is 4.88. The second-order valence-electron chi connectivity index (χ2n) is 7.06. The molecule has 0 unspecified atom stereocenters. The van der Waals surface area contributed by atoms with E-state index in [1.807, 2.05) is 26.0 Å². The van der Waals surface area contributed by atoms with Gasteiger partial charge in [-0.15, -0.1) is 0 Å². The summed E-state index contributed by atoms with van der Waals surface area (Å²) >= 11 is 12.3. The van der Waals surface area contributed by atoms with E-state index in [1.54, 1.807) is 30.3 Å². The van der Waals surface area contributed by atoms with Crippen LogP contribution in [0.5, 0.6) is 0 Å². The van der Waals surface area contributed by atoms with Crippen LogP contribution in [0.2, 0.25) is 10.0 Å². The Kier molecular flexibility index (Phi) is 6.06. The number of hydrogen-bond donors (Lipinski definition) is 1. The minimum Gasteiger partial charge on any atom is -0.382 e. The molecule has 0 aromatic heterocycles. The molecule has 1 saturated heterocycles. The Bertz CT molecular complexity index is 905. The molecule has 146 valence electrons. The van der Waals surface area contributed by atoms with Gasteiger partial charge in [0, 0.05) is 24.3 Å². The number of benzene rings is 2. The lowest BCUT2D eigenvalue weighted by Gasteiger charge is -2.37. The number of ether oxygens (including phenoxy) is 1. The van der Waals surface area contributed by atoms with Crippen molar-refractivity contribution in [3.05, 3.63) is 58.1 Å². The van der Waals surface area contributed by atoms with Crippen molar-refractivity contribution in [3.8, 4) is 0 Å². The Morgan fingerprint density at radius 2 is 1.67 bits per heavy atom. The van der Waals surface area contributed by atoms with Crippen LogP contribution in [-0.2, 0) is 19.3 Å². The van der Waals surface area contributed by atoms with Gasteiger partial charge in [-0.25, -0.2) is 8.42 Å². The molecule has 2 aromatic rings. The van der Waals surface area contributed by atoms with Gasteiger partial charge >= 0.3 is 0 Å². The molecule has 1 fully saturated rings. The van der Waals surface area contributed by atoms with Crippen molar-refractivity contribution < 1.29 is 13.2 Å². The molecule has 1 aliphatic heterocycles. The fraction of sp³-hybridized carbons (Fsp3) is 0.400. The van der Waals surface area contributed by atoms with E-state index >= 15 is 0 Å². The lowest BCUT2D eigenvalue weighted by Crippen LogP contribution is -2.41. The summed E-state index contributed by atoms with van der Waals surface area (Å²) in [6, 6.07) is 12.0. The molecule has 7 heteroatoms. The van der Waals surface area contributed by atoms with Crippen LogP contribution >= 0.6 is 23.2 Å². The third-order valence-corrected chi connectivity index (χ3v) is 8.02. The first-order valence-corrected chi connectivity index (χ1v) is 11.1. The van der Waals surface area contributed by atoms with E-state index in [9.17, 15) is 8.42 Å². The quantitative estimate of drug-likeness (QED) is 0.703. The number of halogens is 2. The normalized spacial score (nSPS) is 17.1. The van der Waals surface area contributed by atoms with Gasteiger partial charge in [0.1, 0.15) is 4.75 Å². The molecule has 4 nitrogen and oxygen atoms in total. The summed E-state index contributed by atoms with van der Waals surface area (Å²) in [7, 11) is -3.66. The fourth-order valence-corrected chi connectivity index (χ4v) is 5.87. The highest BCUT2D eigenvalue weighted by molar-refractivity contribution is 7.92. The molecule has 1 heterocycles. The average Bonchev–Trinajstić information content (AvgIpc) is 2.64. The minimum absolute atomic E-state index is 0.177. The number of nitrogens with one attached hydrogen (secondary N) is 1. The van der Waals surface area contributed by atoms with Crippen LogP contribution in [-0.4, -0.2) is 27.7 Å². The molecule has 0 saturated carbocycles. The Balaban J connectivity index is 2.15. The zero-order chi connectivity index (χ0) is 19.7. The van der Waals surface area contributed by atoms with Gasteiger partial charge < -0.3 is 10.1 Å². The van der Waals surface area contributed by atoms with E-state index in [2.05, 4.69) is 5.32 Å². The molecule has 0 amide bonds. The second kappa shape index (κ2) is 8.00. The van der Waals surface area contributed by atoms with Crippen molar-refractivity contribution in [1.29, 1.82) is 0 Å². The molecular weight excluding hydrogens is 405 g/mol. The molecule has 0 bridgehead atoms. The van der Waals surface area contributed by atoms with Gasteiger partial charge in [-0.1, -0.05) is 29.3 Å². The van der Waals surface area contributed by atoms with Crippen molar-refractivity contribution in [2.24, 2.45) is 0 Å². The van der Waals surface area contributed by atoms with Crippen LogP contribution in [0, 0.1) is 0 Å². The maximum atomic E-state index is 13.7. The SMILES string of the molecule is CC(C)Nc1cc(C2(S(=O)(=O)c3ccc(Cl)cc3)CCOCC2)ccc1Cl. The van der Waals surface area contributed by atoms with Crippen LogP contribution in [0.25, 0.3) is 0 Å². The summed E-state index contributed by atoms with van der Waals surface area (Å²) in [5, 5.41) is 4.37. The van der Waals surface area contributed by atoms with Gasteiger partial charge in [0.15, 0.2) is 9.84 Å². The smallest absolute Gasteiger partial charge is 0.188 e. The number of hydrogen-bond acceptors (Lipinski definition) is 4. The van der Waals surface area contributed by atoms with E-state index in [1.165, 1.54) is 0 Å². The van der Waals surface area contributed by atoms with Gasteiger partial charge in [-0.3, -0.25) is 0 Å². The highest BCUT2D eigenvalue weighted by Gasteiger charge is 2.47. The predicted octanol–water partition coefficient (Wildman–Crippen LogP) is 5.29. The Morgan fingerprint density at radius 1 is 1.04 bits per heavy atom. The lowest BCUT2D eigenvalue weighted by atomic mass is 9.90. The summed E-state index contributed by atoms with van der Waals surface area (Å²) in [4.78, 5) is 0.266. The van der Waals surface area contributed by atoms with Crippen LogP contribution in [0.4, 0.5) is 5.69 Å². The maximum Gasteiger partial charge on any atom is 0.188 e. The molecule has 0 atom stereocenters. The first kappa shape index (κ1) is 20.5. The molecular formula is C20H23Cl2NO3S. The minimum atomic E-state index is -3.66. The van der Waals surface area contributed by atoms with Crippen molar-refractivity contribution in [3.63, 3.8) is 0 Å². The molecule has 1 aliphatic rings. The van der Waals surface area contributed by atoms with Crippen LogP contribution in [0.3, 0.4) is 0 Å². The fourth-order valence-electron chi connectivity index (χ4n) is 3.48. The Hall–Kier alpha value is -1.27. The van der Waals surface area contributed by atoms with E-state index < -0.39 is 14.6 Å². The van der Waals surface area contributed by atoms with Crippen LogP contribution in [0.15, 0.2) is 47.4 Å². The maximum absolute atomic E-state index is 13.7. The van der Waals surface area contributed by atoms with Gasteiger partial charge in [-0.2, -0.15) is 0 Å². The van der Waals surface area contributed by atoms with E-state index in [0.29, 0.717) is 36.1 Å². The standard InChI is InChI=1S/C20H23Cl2NO3S/c1-14(2)23-19-13-15(3-8-18(19)22)20(9-11-26-12-10-20)27(24,25)17-6-4-16(21)5-7-17/h3-8,13-14,23H,9-12H2,1-2H3. The van der Waals surface area contributed by atoms with Crippen LogP contribution in [0.1, 0.15) is 32.3 Å². The van der Waals surface area contributed by atoms with Crippen molar-refractivity contribution in [2.75, 3.05) is 18.5 Å². The summed E-state index contributed by atoms with van der Waals surface area (Å²) in [5.74, 6) is 0. The predicted molar refractivity (Wildman–Crippen MR) is 111 cm³/mol. The first-order valence-electron chi connectivity index (χ1n) is 8.91. The number of anilines is 1. The lowest BCUT2D eigenvalue weighted by molar-refractivity contribution is 0.0740. The highest BCUT2D eigenvalue weighted by atomic mass is 35.5. The van der Waals surface area contributed by atoms with E-state index in [-0.39, 0.29) is 10.9 Å². The molecule has 0 spiro atoms. The van der Waals surface area contributed by atoms with Gasteiger partial charge in [0.2, 0.25) is 0 Å². The molecule has 1 N–H and O–H groups in total.